The molecule has 3 rings (SSSR count). The summed E-state index contributed by atoms with van der Waals surface area (Å²) in [6, 6.07) is 2.15. The average Bonchev–Trinajstić information content (AvgIpc) is 3.09. The molecule has 104 valence electrons. The second kappa shape index (κ2) is 5.75. The van der Waals surface area contributed by atoms with Crippen LogP contribution in [0.2, 0.25) is 0 Å². The Morgan fingerprint density at radius 2 is 2.11 bits per heavy atom. The first-order chi connectivity index (χ1) is 9.24. The molecule has 0 amide bonds. The maximum Gasteiger partial charge on any atom is 0.163 e. The van der Waals surface area contributed by atoms with Crippen LogP contribution in [-0.4, -0.2) is 25.6 Å². The monoisotopic (exact) mass is 280 g/mol. The zero-order valence-corrected chi connectivity index (χ0v) is 12.2. The maximum absolute atomic E-state index is 6.21. The van der Waals surface area contributed by atoms with Gasteiger partial charge < -0.3 is 14.2 Å². The van der Waals surface area contributed by atoms with Crippen molar-refractivity contribution in [1.29, 1.82) is 0 Å². The quantitative estimate of drug-likeness (QED) is 0.793. The van der Waals surface area contributed by atoms with Crippen molar-refractivity contribution in [3.8, 4) is 0 Å². The fourth-order valence-corrected chi connectivity index (χ4v) is 3.48. The third kappa shape index (κ3) is 2.92. The number of hydrogen-bond acceptors (Lipinski definition) is 4. The highest BCUT2D eigenvalue weighted by molar-refractivity contribution is 7.07. The van der Waals surface area contributed by atoms with Crippen molar-refractivity contribution in [2.75, 3.05) is 13.2 Å². The van der Waals surface area contributed by atoms with Crippen molar-refractivity contribution < 1.29 is 14.2 Å². The molecule has 3 heterocycles. The van der Waals surface area contributed by atoms with Crippen molar-refractivity contribution in [3.05, 3.63) is 34.0 Å². The molecule has 0 spiro atoms. The Morgan fingerprint density at radius 3 is 2.74 bits per heavy atom. The van der Waals surface area contributed by atoms with Gasteiger partial charge in [0, 0.05) is 5.92 Å². The van der Waals surface area contributed by atoms with Gasteiger partial charge in [-0.05, 0) is 42.7 Å². The third-order valence-corrected chi connectivity index (χ3v) is 4.34. The molecule has 2 aliphatic heterocycles. The summed E-state index contributed by atoms with van der Waals surface area (Å²) in [5.74, 6) is 0.294. The average molecular weight is 280 g/mol. The van der Waals surface area contributed by atoms with Crippen LogP contribution in [0.25, 0.3) is 0 Å². The van der Waals surface area contributed by atoms with Gasteiger partial charge in [-0.3, -0.25) is 0 Å². The van der Waals surface area contributed by atoms with E-state index in [1.807, 2.05) is 0 Å². The van der Waals surface area contributed by atoms with Crippen LogP contribution in [0.3, 0.4) is 0 Å². The third-order valence-electron chi connectivity index (χ3n) is 3.64. The van der Waals surface area contributed by atoms with E-state index in [-0.39, 0.29) is 18.5 Å². The van der Waals surface area contributed by atoms with E-state index < -0.39 is 0 Å². The van der Waals surface area contributed by atoms with E-state index in [0.717, 1.165) is 6.42 Å². The van der Waals surface area contributed by atoms with Gasteiger partial charge in [0.25, 0.3) is 0 Å². The lowest BCUT2D eigenvalue weighted by Crippen LogP contribution is -2.28. The Bertz CT molecular complexity index is 430. The van der Waals surface area contributed by atoms with Gasteiger partial charge in [-0.2, -0.15) is 11.3 Å². The standard InChI is InChI=1S/C15H20O3S/c1-10(2)7-14-12(15-16-4-5-17-15)8-13(18-14)11-3-6-19-9-11/h3,6-7,9,12-15H,4-5,8H2,1-2H3/t12-,13-,14+/m0/s1. The maximum atomic E-state index is 6.21. The summed E-state index contributed by atoms with van der Waals surface area (Å²) in [6.07, 6.45) is 3.32. The van der Waals surface area contributed by atoms with Gasteiger partial charge in [-0.25, -0.2) is 0 Å². The minimum absolute atomic E-state index is 0.0954. The number of allylic oxidation sites excluding steroid dienone is 1. The minimum Gasteiger partial charge on any atom is -0.366 e. The normalized spacial score (nSPS) is 31.8. The van der Waals surface area contributed by atoms with E-state index in [1.165, 1.54) is 11.1 Å². The van der Waals surface area contributed by atoms with Crippen LogP contribution in [-0.2, 0) is 14.2 Å². The van der Waals surface area contributed by atoms with Crippen LogP contribution in [0, 0.1) is 5.92 Å². The summed E-state index contributed by atoms with van der Waals surface area (Å²) in [5, 5.41) is 4.27. The van der Waals surface area contributed by atoms with E-state index in [1.54, 1.807) is 11.3 Å². The molecule has 0 aliphatic carbocycles. The van der Waals surface area contributed by atoms with Crippen LogP contribution in [0.5, 0.6) is 0 Å². The molecule has 19 heavy (non-hydrogen) atoms. The zero-order chi connectivity index (χ0) is 13.2. The molecule has 2 aliphatic rings. The Morgan fingerprint density at radius 1 is 1.32 bits per heavy atom. The Kier molecular flexibility index (Phi) is 4.03. The lowest BCUT2D eigenvalue weighted by molar-refractivity contribution is -0.0941. The molecular weight excluding hydrogens is 260 g/mol. The largest absolute Gasteiger partial charge is 0.366 e. The molecule has 0 N–H and O–H groups in total. The van der Waals surface area contributed by atoms with E-state index in [2.05, 4.69) is 36.7 Å². The molecule has 3 nitrogen and oxygen atoms in total. The number of rotatable bonds is 3. The summed E-state index contributed by atoms with van der Waals surface area (Å²) in [5.41, 5.74) is 2.55. The molecule has 0 unspecified atom stereocenters. The minimum atomic E-state index is -0.107. The second-order valence-electron chi connectivity index (χ2n) is 5.40. The molecule has 0 aromatic carbocycles. The molecule has 0 bridgehead atoms. The first-order valence-corrected chi connectivity index (χ1v) is 7.74. The summed E-state index contributed by atoms with van der Waals surface area (Å²) in [4.78, 5) is 0. The van der Waals surface area contributed by atoms with Crippen molar-refractivity contribution in [2.24, 2.45) is 5.92 Å². The smallest absolute Gasteiger partial charge is 0.163 e. The highest BCUT2D eigenvalue weighted by atomic mass is 32.1. The highest BCUT2D eigenvalue weighted by Gasteiger charge is 2.42. The summed E-state index contributed by atoms with van der Waals surface area (Å²) in [6.45, 7) is 5.61. The van der Waals surface area contributed by atoms with Gasteiger partial charge in [-0.15, -0.1) is 0 Å². The van der Waals surface area contributed by atoms with Crippen LogP contribution >= 0.6 is 11.3 Å². The molecular formula is C15H20O3S. The SMILES string of the molecule is CC(C)=C[C@H]1O[C@H](c2ccsc2)C[C@@H]1C1OCCO1. The van der Waals surface area contributed by atoms with Crippen molar-refractivity contribution in [3.63, 3.8) is 0 Å². The first kappa shape index (κ1) is 13.3. The van der Waals surface area contributed by atoms with E-state index in [4.69, 9.17) is 14.2 Å². The van der Waals surface area contributed by atoms with Crippen LogP contribution in [0.4, 0.5) is 0 Å². The molecule has 1 aromatic heterocycles. The van der Waals surface area contributed by atoms with Gasteiger partial charge >= 0.3 is 0 Å². The van der Waals surface area contributed by atoms with E-state index >= 15 is 0 Å². The fourth-order valence-electron chi connectivity index (χ4n) is 2.78. The van der Waals surface area contributed by atoms with Gasteiger partial charge in [0.05, 0.1) is 25.4 Å². The molecule has 2 fully saturated rings. The number of thiophene rings is 1. The van der Waals surface area contributed by atoms with E-state index in [9.17, 15) is 0 Å². The fraction of sp³-hybridized carbons (Fsp3) is 0.600. The molecule has 0 saturated carbocycles. The van der Waals surface area contributed by atoms with E-state index in [0.29, 0.717) is 19.1 Å². The summed E-state index contributed by atoms with van der Waals surface area (Å²) in [7, 11) is 0. The van der Waals surface area contributed by atoms with Gasteiger partial charge in [0.15, 0.2) is 6.29 Å². The first-order valence-electron chi connectivity index (χ1n) is 6.80. The Labute approximate surface area is 118 Å². The summed E-state index contributed by atoms with van der Waals surface area (Å²) >= 11 is 1.72. The zero-order valence-electron chi connectivity index (χ0n) is 11.4. The number of ether oxygens (including phenoxy) is 3. The topological polar surface area (TPSA) is 27.7 Å². The van der Waals surface area contributed by atoms with Gasteiger partial charge in [0.2, 0.25) is 0 Å². The van der Waals surface area contributed by atoms with Crippen molar-refractivity contribution in [2.45, 2.75) is 38.8 Å². The van der Waals surface area contributed by atoms with Gasteiger partial charge in [0.1, 0.15) is 0 Å². The van der Waals surface area contributed by atoms with Crippen molar-refractivity contribution in [1.82, 2.24) is 0 Å². The number of hydrogen-bond donors (Lipinski definition) is 0. The van der Waals surface area contributed by atoms with Crippen LogP contribution in [0.15, 0.2) is 28.5 Å². The van der Waals surface area contributed by atoms with Crippen LogP contribution in [0.1, 0.15) is 31.9 Å². The lowest BCUT2D eigenvalue weighted by Gasteiger charge is -2.20. The summed E-state index contributed by atoms with van der Waals surface area (Å²) < 4.78 is 17.6. The van der Waals surface area contributed by atoms with Crippen LogP contribution < -0.4 is 0 Å². The molecule has 0 radical (unpaired) electrons. The molecule has 1 aromatic rings. The second-order valence-corrected chi connectivity index (χ2v) is 6.18. The Hall–Kier alpha value is -0.680. The predicted molar refractivity (Wildman–Crippen MR) is 75.2 cm³/mol. The molecule has 4 heteroatoms. The predicted octanol–water partition coefficient (Wildman–Crippen LogP) is 3.53. The van der Waals surface area contributed by atoms with Gasteiger partial charge in [-0.1, -0.05) is 11.6 Å². The lowest BCUT2D eigenvalue weighted by atomic mass is 9.95. The molecule has 3 atom stereocenters. The van der Waals surface area contributed by atoms with Crippen molar-refractivity contribution >= 4 is 11.3 Å². The highest BCUT2D eigenvalue weighted by Crippen LogP contribution is 2.41. The molecule has 2 saturated heterocycles. The Balaban J connectivity index is 1.77.